The van der Waals surface area contributed by atoms with E-state index in [9.17, 15) is 5.11 Å². The minimum absolute atomic E-state index is 0.0336. The first-order valence-electron chi connectivity index (χ1n) is 13.1. The summed E-state index contributed by atoms with van der Waals surface area (Å²) in [5, 5.41) is 11.5. The predicted octanol–water partition coefficient (Wildman–Crippen LogP) is 6.43. The van der Waals surface area contributed by atoms with Crippen molar-refractivity contribution in [2.24, 2.45) is 11.3 Å². The summed E-state index contributed by atoms with van der Waals surface area (Å²) in [7, 11) is 0. The Balaban J connectivity index is 1.76. The average molecular weight is 464 g/mol. The molecule has 184 valence electrons. The Morgan fingerprint density at radius 3 is 2.35 bits per heavy atom. The van der Waals surface area contributed by atoms with Crippen molar-refractivity contribution >= 4 is 0 Å². The summed E-state index contributed by atoms with van der Waals surface area (Å²) in [6.07, 6.45) is 8.06. The van der Waals surface area contributed by atoms with Gasteiger partial charge < -0.3 is 9.84 Å². The third-order valence-electron chi connectivity index (χ3n) is 8.29. The number of hydrogen-bond donors (Lipinski definition) is 1. The van der Waals surface area contributed by atoms with Crippen molar-refractivity contribution in [3.8, 4) is 0 Å². The molecule has 3 aliphatic rings. The molecule has 1 spiro atoms. The van der Waals surface area contributed by atoms with E-state index >= 15 is 0 Å². The molecule has 3 heterocycles. The smallest absolute Gasteiger partial charge is 0.133 e. The summed E-state index contributed by atoms with van der Waals surface area (Å²) < 4.78 is 7.13. The highest BCUT2D eigenvalue weighted by molar-refractivity contribution is 5.54. The van der Waals surface area contributed by atoms with Crippen LogP contribution in [0.2, 0.25) is 0 Å². The van der Waals surface area contributed by atoms with Gasteiger partial charge in [-0.25, -0.2) is 9.97 Å². The molecule has 2 aliphatic carbocycles. The fourth-order valence-corrected chi connectivity index (χ4v) is 6.61. The monoisotopic (exact) mass is 463 g/mol. The van der Waals surface area contributed by atoms with Gasteiger partial charge in [0.25, 0.3) is 0 Å². The highest BCUT2D eigenvalue weighted by atomic mass is 16.5. The quantitative estimate of drug-likeness (QED) is 0.555. The zero-order chi connectivity index (χ0) is 24.6. The Kier molecular flexibility index (Phi) is 5.49. The van der Waals surface area contributed by atoms with Gasteiger partial charge in [0.05, 0.1) is 11.7 Å². The molecule has 4 atom stereocenters. The lowest BCUT2D eigenvalue weighted by molar-refractivity contribution is -0.0844. The fraction of sp³-hybridized carbons (Fsp3) is 0.690. The summed E-state index contributed by atoms with van der Waals surface area (Å²) in [6, 6.07) is 0. The minimum atomic E-state index is -0.507. The lowest BCUT2D eigenvalue weighted by Crippen LogP contribution is -2.34. The normalized spacial score (nSPS) is 30.1. The van der Waals surface area contributed by atoms with Gasteiger partial charge in [-0.1, -0.05) is 55.4 Å². The molecule has 0 radical (unpaired) electrons. The van der Waals surface area contributed by atoms with E-state index in [2.05, 4.69) is 55.4 Å². The molecule has 0 aromatic carbocycles. The Labute approximate surface area is 204 Å². The number of hydrogen-bond acceptors (Lipinski definition) is 5. The van der Waals surface area contributed by atoms with Crippen LogP contribution in [0.15, 0.2) is 12.4 Å². The summed E-state index contributed by atoms with van der Waals surface area (Å²) in [6.45, 7) is 17.6. The van der Waals surface area contributed by atoms with Crippen LogP contribution in [0.1, 0.15) is 139 Å². The van der Waals surface area contributed by atoms with E-state index in [-0.39, 0.29) is 28.5 Å². The van der Waals surface area contributed by atoms with Crippen molar-refractivity contribution < 1.29 is 9.84 Å². The van der Waals surface area contributed by atoms with Gasteiger partial charge in [0.2, 0.25) is 0 Å². The largest absolute Gasteiger partial charge is 0.388 e. The van der Waals surface area contributed by atoms with Crippen molar-refractivity contribution in [1.82, 2.24) is 15.0 Å². The second kappa shape index (κ2) is 7.83. The van der Waals surface area contributed by atoms with Crippen molar-refractivity contribution in [3.05, 3.63) is 51.9 Å². The molecule has 1 saturated carbocycles. The van der Waals surface area contributed by atoms with Crippen LogP contribution < -0.4 is 0 Å². The number of aromatic nitrogens is 3. The van der Waals surface area contributed by atoms with E-state index in [1.54, 1.807) is 0 Å². The van der Waals surface area contributed by atoms with Gasteiger partial charge in [0.1, 0.15) is 11.9 Å². The summed E-state index contributed by atoms with van der Waals surface area (Å²) in [5.41, 5.74) is 6.21. The maximum Gasteiger partial charge on any atom is 0.133 e. The molecule has 5 rings (SSSR count). The molecule has 2 aromatic rings. The van der Waals surface area contributed by atoms with Crippen molar-refractivity contribution in [1.29, 1.82) is 0 Å². The lowest BCUT2D eigenvalue weighted by Gasteiger charge is -2.39. The van der Waals surface area contributed by atoms with E-state index < -0.39 is 6.10 Å². The van der Waals surface area contributed by atoms with E-state index in [0.717, 1.165) is 60.4 Å². The number of nitrogens with zero attached hydrogens (tertiary/aromatic N) is 3. The van der Waals surface area contributed by atoms with Crippen molar-refractivity contribution in [2.75, 3.05) is 0 Å². The summed E-state index contributed by atoms with van der Waals surface area (Å²) >= 11 is 0. The molecule has 5 nitrogen and oxygen atoms in total. The molecule has 0 saturated heterocycles. The number of pyridine rings is 1. The average Bonchev–Trinajstić information content (AvgIpc) is 3.27. The van der Waals surface area contributed by atoms with E-state index in [1.807, 2.05) is 12.4 Å². The van der Waals surface area contributed by atoms with Crippen LogP contribution in [-0.2, 0) is 22.2 Å². The van der Waals surface area contributed by atoms with Crippen LogP contribution in [0, 0.1) is 11.3 Å². The van der Waals surface area contributed by atoms with Crippen molar-refractivity contribution in [2.45, 2.75) is 117 Å². The number of ether oxygens (including phenoxy) is 1. The second-order valence-corrected chi connectivity index (χ2v) is 13.1. The SMILES string of the molecule is CC(C)c1nc2c(c3c1[C@@H](c1cnc(C(C)(C)C)nc1)OC31CCCC1C)[C@@H](O)CC(C)(C)C2. The van der Waals surface area contributed by atoms with Crippen LogP contribution in [0.5, 0.6) is 0 Å². The van der Waals surface area contributed by atoms with Crippen LogP contribution in [0.4, 0.5) is 0 Å². The topological polar surface area (TPSA) is 68.1 Å². The standard InChI is InChI=1S/C29H41N3O2/c1-16(2)24-22-23(21-19(32-24)12-28(7,8)13-20(21)33)29(11-9-10-17(29)3)34-25(22)18-14-30-26(31-15-18)27(4,5)6/h14-17,20,25,33H,9-13H2,1-8H3/t17?,20-,25+,29?/m0/s1. The third-order valence-corrected chi connectivity index (χ3v) is 8.29. The zero-order valence-electron chi connectivity index (χ0n) is 22.2. The van der Waals surface area contributed by atoms with Crippen LogP contribution >= 0.6 is 0 Å². The maximum atomic E-state index is 11.5. The lowest BCUT2D eigenvalue weighted by atomic mass is 9.69. The van der Waals surface area contributed by atoms with Crippen molar-refractivity contribution in [3.63, 3.8) is 0 Å². The maximum absolute atomic E-state index is 11.5. The highest BCUT2D eigenvalue weighted by Gasteiger charge is 2.55. The third kappa shape index (κ3) is 3.62. The Bertz CT molecular complexity index is 1100. The Morgan fingerprint density at radius 2 is 1.79 bits per heavy atom. The first-order chi connectivity index (χ1) is 15.8. The molecule has 1 fully saturated rings. The van der Waals surface area contributed by atoms with Gasteiger partial charge in [0, 0.05) is 45.9 Å². The zero-order valence-corrected chi connectivity index (χ0v) is 22.2. The molecule has 0 bridgehead atoms. The molecular weight excluding hydrogens is 422 g/mol. The van der Waals surface area contributed by atoms with Gasteiger partial charge in [0.15, 0.2) is 0 Å². The molecule has 34 heavy (non-hydrogen) atoms. The van der Waals surface area contributed by atoms with Crippen LogP contribution in [0.3, 0.4) is 0 Å². The molecule has 1 N–H and O–H groups in total. The first kappa shape index (κ1) is 23.9. The number of fused-ring (bicyclic) bond motifs is 4. The molecule has 0 amide bonds. The van der Waals surface area contributed by atoms with E-state index in [4.69, 9.17) is 19.7 Å². The van der Waals surface area contributed by atoms with Gasteiger partial charge in [-0.2, -0.15) is 0 Å². The van der Waals surface area contributed by atoms with E-state index in [0.29, 0.717) is 5.92 Å². The second-order valence-electron chi connectivity index (χ2n) is 13.1. The summed E-state index contributed by atoms with van der Waals surface area (Å²) in [5.74, 6) is 1.48. The van der Waals surface area contributed by atoms with Gasteiger partial charge >= 0.3 is 0 Å². The number of aliphatic hydroxyl groups excluding tert-OH is 1. The predicted molar refractivity (Wildman–Crippen MR) is 134 cm³/mol. The molecule has 2 unspecified atom stereocenters. The van der Waals surface area contributed by atoms with Crippen LogP contribution in [0.25, 0.3) is 0 Å². The fourth-order valence-electron chi connectivity index (χ4n) is 6.61. The molecule has 1 aliphatic heterocycles. The molecule has 5 heteroatoms. The number of aliphatic hydroxyl groups is 1. The molecule has 2 aromatic heterocycles. The minimum Gasteiger partial charge on any atom is -0.388 e. The molecular formula is C29H41N3O2. The van der Waals surface area contributed by atoms with Gasteiger partial charge in [-0.3, -0.25) is 4.98 Å². The number of rotatable bonds is 2. The highest BCUT2D eigenvalue weighted by Crippen LogP contribution is 2.61. The van der Waals surface area contributed by atoms with Crippen LogP contribution in [-0.4, -0.2) is 20.1 Å². The summed E-state index contributed by atoms with van der Waals surface area (Å²) in [4.78, 5) is 14.7. The van der Waals surface area contributed by atoms with E-state index in [1.165, 1.54) is 11.1 Å². The first-order valence-corrected chi connectivity index (χ1v) is 13.1. The van der Waals surface area contributed by atoms with Gasteiger partial charge in [-0.15, -0.1) is 0 Å². The Hall–Kier alpha value is -1.85. The van der Waals surface area contributed by atoms with Gasteiger partial charge in [-0.05, 0) is 54.9 Å². The Morgan fingerprint density at radius 1 is 1.12 bits per heavy atom.